The van der Waals surface area contributed by atoms with Crippen LogP contribution in [0.25, 0.3) is 0 Å². The molecule has 1 N–H and O–H groups in total. The van der Waals surface area contributed by atoms with E-state index in [4.69, 9.17) is 11.6 Å². The number of rotatable bonds is 7. The number of carbonyl (C=O) groups is 1. The molecule has 0 aromatic heterocycles. The lowest BCUT2D eigenvalue weighted by Gasteiger charge is -2.16. The molecular formula is C14H18Br2ClNO. The molecular weight excluding hydrogens is 393 g/mol. The fraction of sp³-hybridized carbons (Fsp3) is 0.500. The van der Waals surface area contributed by atoms with Gasteiger partial charge < -0.3 is 5.32 Å². The molecule has 0 saturated heterocycles. The molecule has 0 fully saturated rings. The lowest BCUT2D eigenvalue weighted by atomic mass is 10.0. The molecule has 0 spiro atoms. The van der Waals surface area contributed by atoms with Crippen molar-refractivity contribution in [3.05, 3.63) is 33.3 Å². The summed E-state index contributed by atoms with van der Waals surface area (Å²) in [7, 11) is 0. The van der Waals surface area contributed by atoms with Crippen LogP contribution in [0.1, 0.15) is 36.5 Å². The first kappa shape index (κ1) is 17.0. The fourth-order valence-electron chi connectivity index (χ4n) is 1.92. The minimum atomic E-state index is -0.0563. The Labute approximate surface area is 136 Å². The number of carbonyl (C=O) groups excluding carboxylic acids is 1. The minimum Gasteiger partial charge on any atom is -0.352 e. The third kappa shape index (κ3) is 5.84. The Morgan fingerprint density at radius 1 is 1.42 bits per heavy atom. The predicted molar refractivity (Wildman–Crippen MR) is 88.3 cm³/mol. The number of amides is 1. The van der Waals surface area contributed by atoms with E-state index in [1.165, 1.54) is 0 Å². The average molecular weight is 412 g/mol. The zero-order valence-electron chi connectivity index (χ0n) is 10.9. The maximum Gasteiger partial charge on any atom is 0.252 e. The molecule has 106 valence electrons. The third-order valence-electron chi connectivity index (χ3n) is 2.94. The molecule has 1 aromatic rings. The maximum atomic E-state index is 12.1. The van der Waals surface area contributed by atoms with E-state index in [1.807, 2.05) is 0 Å². The van der Waals surface area contributed by atoms with Crippen LogP contribution in [0.5, 0.6) is 0 Å². The van der Waals surface area contributed by atoms with Gasteiger partial charge >= 0.3 is 0 Å². The number of benzene rings is 1. The molecule has 0 aliphatic rings. The highest BCUT2D eigenvalue weighted by Crippen LogP contribution is 2.21. The van der Waals surface area contributed by atoms with Crippen molar-refractivity contribution in [2.45, 2.75) is 26.2 Å². The highest BCUT2D eigenvalue weighted by Gasteiger charge is 2.13. The highest BCUT2D eigenvalue weighted by atomic mass is 79.9. The highest BCUT2D eigenvalue weighted by molar-refractivity contribution is 9.10. The molecule has 1 atom stereocenters. The van der Waals surface area contributed by atoms with Crippen molar-refractivity contribution in [2.75, 3.05) is 11.9 Å². The van der Waals surface area contributed by atoms with E-state index in [0.29, 0.717) is 23.0 Å². The summed E-state index contributed by atoms with van der Waals surface area (Å²) in [5.41, 5.74) is 0.624. The van der Waals surface area contributed by atoms with Crippen LogP contribution in [0.15, 0.2) is 22.7 Å². The summed E-state index contributed by atoms with van der Waals surface area (Å²) in [6.07, 6.45) is 3.35. The summed E-state index contributed by atoms with van der Waals surface area (Å²) >= 11 is 12.7. The molecule has 1 amide bonds. The summed E-state index contributed by atoms with van der Waals surface area (Å²) < 4.78 is 0.727. The van der Waals surface area contributed by atoms with Gasteiger partial charge in [0.25, 0.3) is 5.91 Å². The summed E-state index contributed by atoms with van der Waals surface area (Å²) in [5, 5.41) is 4.58. The van der Waals surface area contributed by atoms with E-state index in [2.05, 4.69) is 44.1 Å². The molecule has 19 heavy (non-hydrogen) atoms. The van der Waals surface area contributed by atoms with Crippen molar-refractivity contribution in [3.63, 3.8) is 0 Å². The van der Waals surface area contributed by atoms with Gasteiger partial charge in [-0.25, -0.2) is 0 Å². The number of halogens is 3. The first-order valence-corrected chi connectivity index (χ1v) is 8.67. The number of hydrogen-bond acceptors (Lipinski definition) is 1. The third-order valence-corrected chi connectivity index (χ3v) is 4.29. The largest absolute Gasteiger partial charge is 0.352 e. The van der Waals surface area contributed by atoms with E-state index in [9.17, 15) is 4.79 Å². The summed E-state index contributed by atoms with van der Waals surface area (Å²) in [6.45, 7) is 2.88. The molecule has 0 aliphatic carbocycles. The van der Waals surface area contributed by atoms with Crippen LogP contribution in [0.2, 0.25) is 5.02 Å². The fourth-order valence-corrected chi connectivity index (χ4v) is 3.43. The summed E-state index contributed by atoms with van der Waals surface area (Å²) in [6, 6.07) is 5.20. The van der Waals surface area contributed by atoms with Crippen molar-refractivity contribution in [1.29, 1.82) is 0 Å². The zero-order chi connectivity index (χ0) is 14.3. The number of hydrogen-bond donors (Lipinski definition) is 1. The number of alkyl halides is 1. The molecule has 0 aliphatic heterocycles. The Balaban J connectivity index is 2.58. The van der Waals surface area contributed by atoms with Crippen LogP contribution in [0.4, 0.5) is 0 Å². The number of nitrogens with one attached hydrogen (secondary N) is 1. The molecule has 0 radical (unpaired) electrons. The van der Waals surface area contributed by atoms with Crippen molar-refractivity contribution < 1.29 is 4.79 Å². The van der Waals surface area contributed by atoms with E-state index in [1.54, 1.807) is 18.2 Å². The van der Waals surface area contributed by atoms with Crippen LogP contribution in [-0.4, -0.2) is 17.8 Å². The second kappa shape index (κ2) is 8.98. The van der Waals surface area contributed by atoms with E-state index < -0.39 is 0 Å². The predicted octanol–water partition coefficient (Wildman–Crippen LogP) is 5.03. The van der Waals surface area contributed by atoms with Crippen molar-refractivity contribution in [2.24, 2.45) is 5.92 Å². The van der Waals surface area contributed by atoms with Gasteiger partial charge in [-0.3, -0.25) is 4.79 Å². The quantitative estimate of drug-likeness (QED) is 0.626. The van der Waals surface area contributed by atoms with Gasteiger partial charge in [-0.05, 0) is 52.9 Å². The monoisotopic (exact) mass is 409 g/mol. The van der Waals surface area contributed by atoms with Gasteiger partial charge in [0.1, 0.15) is 0 Å². The SMILES string of the molecule is CCCC(CCBr)CNC(=O)c1ccc(Cl)cc1Br. The van der Waals surface area contributed by atoms with Crippen LogP contribution >= 0.6 is 43.5 Å². The Morgan fingerprint density at radius 2 is 2.16 bits per heavy atom. The summed E-state index contributed by atoms with van der Waals surface area (Å²) in [5.74, 6) is 0.471. The molecule has 2 nitrogen and oxygen atoms in total. The minimum absolute atomic E-state index is 0.0563. The Hall–Kier alpha value is -0.0600. The van der Waals surface area contributed by atoms with Gasteiger partial charge in [-0.2, -0.15) is 0 Å². The van der Waals surface area contributed by atoms with E-state index >= 15 is 0 Å². The molecule has 0 heterocycles. The van der Waals surface area contributed by atoms with E-state index in [-0.39, 0.29) is 5.91 Å². The van der Waals surface area contributed by atoms with Gasteiger partial charge in [0.15, 0.2) is 0 Å². The van der Waals surface area contributed by atoms with Gasteiger partial charge in [0.2, 0.25) is 0 Å². The van der Waals surface area contributed by atoms with Crippen molar-refractivity contribution in [1.82, 2.24) is 5.32 Å². The average Bonchev–Trinajstić information content (AvgIpc) is 2.36. The van der Waals surface area contributed by atoms with Gasteiger partial charge in [-0.15, -0.1) is 0 Å². The zero-order valence-corrected chi connectivity index (χ0v) is 14.8. The van der Waals surface area contributed by atoms with E-state index in [0.717, 1.165) is 29.1 Å². The standard InChI is InChI=1S/C14H18Br2ClNO/c1-2-3-10(6-7-15)9-18-14(19)12-5-4-11(17)8-13(12)16/h4-5,8,10H,2-3,6-7,9H2,1H3,(H,18,19). The smallest absolute Gasteiger partial charge is 0.252 e. The summed E-state index contributed by atoms with van der Waals surface area (Å²) in [4.78, 5) is 12.1. The van der Waals surface area contributed by atoms with Gasteiger partial charge in [0, 0.05) is 21.4 Å². The lowest BCUT2D eigenvalue weighted by molar-refractivity contribution is 0.0945. The second-order valence-corrected chi connectivity index (χ2v) is 6.55. The molecule has 0 saturated carbocycles. The van der Waals surface area contributed by atoms with Crippen LogP contribution in [0.3, 0.4) is 0 Å². The van der Waals surface area contributed by atoms with Gasteiger partial charge in [0.05, 0.1) is 5.56 Å². The Morgan fingerprint density at radius 3 is 2.74 bits per heavy atom. The molecule has 5 heteroatoms. The maximum absolute atomic E-state index is 12.1. The van der Waals surface area contributed by atoms with Crippen molar-refractivity contribution in [3.8, 4) is 0 Å². The molecule has 0 bridgehead atoms. The molecule has 1 rings (SSSR count). The normalized spacial score (nSPS) is 12.2. The first-order chi connectivity index (χ1) is 9.08. The van der Waals surface area contributed by atoms with Crippen LogP contribution in [-0.2, 0) is 0 Å². The lowest BCUT2D eigenvalue weighted by Crippen LogP contribution is -2.29. The van der Waals surface area contributed by atoms with Crippen LogP contribution in [0, 0.1) is 5.92 Å². The topological polar surface area (TPSA) is 29.1 Å². The molecule has 1 aromatic carbocycles. The first-order valence-electron chi connectivity index (χ1n) is 6.37. The van der Waals surface area contributed by atoms with Crippen molar-refractivity contribution >= 4 is 49.4 Å². The Bertz CT molecular complexity index is 420. The van der Waals surface area contributed by atoms with Gasteiger partial charge in [-0.1, -0.05) is 40.9 Å². The Kier molecular flexibility index (Phi) is 8.03. The molecule has 1 unspecified atom stereocenters. The van der Waals surface area contributed by atoms with Crippen LogP contribution < -0.4 is 5.32 Å². The second-order valence-electron chi connectivity index (χ2n) is 4.47.